The molecule has 0 radical (unpaired) electrons. The number of nitrogens with zero attached hydrogens (tertiary/aromatic N) is 3. The molecule has 1 amide bonds. The molecule has 19 heavy (non-hydrogen) atoms. The number of hydrogen-bond donors (Lipinski definition) is 2. The van der Waals surface area contributed by atoms with Gasteiger partial charge in [-0.3, -0.25) is 14.6 Å². The number of anilines is 1. The van der Waals surface area contributed by atoms with Crippen LogP contribution in [-0.2, 0) is 11.8 Å². The largest absolute Gasteiger partial charge is 0.308 e. The van der Waals surface area contributed by atoms with Gasteiger partial charge in [0.15, 0.2) is 5.82 Å². The fraction of sp³-hybridized carbons (Fsp3) is 0.417. The number of rotatable bonds is 1. The minimum atomic E-state index is -0.0122. The Morgan fingerprint density at radius 3 is 2.95 bits per heavy atom. The summed E-state index contributed by atoms with van der Waals surface area (Å²) in [5.74, 6) is 1.05. The number of amides is 1. The summed E-state index contributed by atoms with van der Waals surface area (Å²) < 4.78 is 1.81. The lowest BCUT2D eigenvalue weighted by molar-refractivity contribution is -0.113. The highest BCUT2D eigenvalue weighted by Gasteiger charge is 2.30. The van der Waals surface area contributed by atoms with Gasteiger partial charge < -0.3 is 5.32 Å². The Kier molecular flexibility index (Phi) is 2.85. The van der Waals surface area contributed by atoms with Crippen molar-refractivity contribution < 1.29 is 4.79 Å². The summed E-state index contributed by atoms with van der Waals surface area (Å²) in [4.78, 5) is 11.7. The molecule has 2 aromatic rings. The van der Waals surface area contributed by atoms with E-state index in [4.69, 9.17) is 0 Å². The first-order chi connectivity index (χ1) is 9.06. The molecule has 0 aliphatic carbocycles. The van der Waals surface area contributed by atoms with Crippen LogP contribution < -0.4 is 5.32 Å². The van der Waals surface area contributed by atoms with E-state index in [1.54, 1.807) is 16.4 Å². The van der Waals surface area contributed by atoms with E-state index in [9.17, 15) is 4.79 Å². The number of nitrogens with one attached hydrogen (secondary N) is 2. The summed E-state index contributed by atoms with van der Waals surface area (Å²) in [5, 5.41) is 14.4. The highest BCUT2D eigenvalue weighted by Crippen LogP contribution is 2.42. The third kappa shape index (κ3) is 2.03. The Balaban J connectivity index is 2.13. The van der Waals surface area contributed by atoms with E-state index >= 15 is 0 Å². The van der Waals surface area contributed by atoms with E-state index in [1.165, 1.54) is 0 Å². The lowest BCUT2D eigenvalue weighted by Gasteiger charge is -2.13. The van der Waals surface area contributed by atoms with Crippen molar-refractivity contribution in [2.45, 2.75) is 19.1 Å². The predicted octanol–water partition coefficient (Wildman–Crippen LogP) is 1.53. The van der Waals surface area contributed by atoms with Gasteiger partial charge in [-0.05, 0) is 13.8 Å². The Hall–Kier alpha value is -1.76. The fourth-order valence-electron chi connectivity index (χ4n) is 2.39. The van der Waals surface area contributed by atoms with Crippen LogP contribution in [0.2, 0.25) is 0 Å². The quantitative estimate of drug-likeness (QED) is 0.829. The lowest BCUT2D eigenvalue weighted by atomic mass is 10.1. The summed E-state index contributed by atoms with van der Waals surface area (Å²) in [5.41, 5.74) is 4.15. The molecule has 0 saturated heterocycles. The zero-order chi connectivity index (χ0) is 13.6. The highest BCUT2D eigenvalue weighted by molar-refractivity contribution is 8.00. The summed E-state index contributed by atoms with van der Waals surface area (Å²) in [6.45, 7) is 3.97. The zero-order valence-electron chi connectivity index (χ0n) is 11.0. The summed E-state index contributed by atoms with van der Waals surface area (Å²) in [7, 11) is 1.91. The normalized spacial score (nSPS) is 18.9. The molecule has 7 heteroatoms. The van der Waals surface area contributed by atoms with Crippen LogP contribution in [0.1, 0.15) is 27.8 Å². The van der Waals surface area contributed by atoms with Gasteiger partial charge in [0.05, 0.1) is 16.7 Å². The van der Waals surface area contributed by atoms with E-state index in [2.05, 4.69) is 20.6 Å². The standard InChI is InChI=1S/C12H15N5OS/c1-6-8(4-17(3)16-6)11-10-7(2)14-15-12(10)13-9(18)5-19-11/h4,11H,5H2,1-3H3,(H2,13,14,15,18). The van der Waals surface area contributed by atoms with Crippen molar-refractivity contribution in [1.29, 1.82) is 0 Å². The second-order valence-corrected chi connectivity index (χ2v) is 5.79. The van der Waals surface area contributed by atoms with Crippen LogP contribution in [0.15, 0.2) is 6.20 Å². The van der Waals surface area contributed by atoms with Gasteiger partial charge in [-0.15, -0.1) is 11.8 Å². The maximum absolute atomic E-state index is 11.7. The van der Waals surface area contributed by atoms with Gasteiger partial charge in [-0.25, -0.2) is 0 Å². The molecule has 2 N–H and O–H groups in total. The molecule has 1 aliphatic heterocycles. The van der Waals surface area contributed by atoms with E-state index in [0.29, 0.717) is 11.6 Å². The van der Waals surface area contributed by atoms with E-state index in [-0.39, 0.29) is 11.2 Å². The van der Waals surface area contributed by atoms with E-state index in [0.717, 1.165) is 22.5 Å². The molecule has 0 aromatic carbocycles. The maximum Gasteiger partial charge on any atom is 0.235 e. The number of hydrogen-bond acceptors (Lipinski definition) is 4. The number of H-pyrrole nitrogens is 1. The Morgan fingerprint density at radius 1 is 1.47 bits per heavy atom. The molecular weight excluding hydrogens is 262 g/mol. The summed E-state index contributed by atoms with van der Waals surface area (Å²) in [6, 6.07) is 0. The predicted molar refractivity (Wildman–Crippen MR) is 74.2 cm³/mol. The van der Waals surface area contributed by atoms with Gasteiger partial charge in [0.25, 0.3) is 0 Å². The maximum atomic E-state index is 11.7. The Labute approximate surface area is 115 Å². The van der Waals surface area contributed by atoms with Gasteiger partial charge in [-0.1, -0.05) is 0 Å². The molecule has 0 saturated carbocycles. The second kappa shape index (κ2) is 4.41. The van der Waals surface area contributed by atoms with Crippen LogP contribution in [0.3, 0.4) is 0 Å². The molecule has 3 heterocycles. The average Bonchev–Trinajstić information content (AvgIpc) is 2.80. The van der Waals surface area contributed by atoms with Gasteiger partial charge in [0.2, 0.25) is 5.91 Å². The van der Waals surface area contributed by atoms with Gasteiger partial charge in [0, 0.05) is 30.1 Å². The minimum absolute atomic E-state index is 0.0122. The lowest BCUT2D eigenvalue weighted by Crippen LogP contribution is -2.12. The molecule has 2 aromatic heterocycles. The molecule has 1 atom stereocenters. The molecule has 0 fully saturated rings. The third-order valence-electron chi connectivity index (χ3n) is 3.23. The average molecular weight is 277 g/mol. The van der Waals surface area contributed by atoms with Crippen LogP contribution in [0, 0.1) is 13.8 Å². The van der Waals surface area contributed by atoms with Gasteiger partial charge in [-0.2, -0.15) is 10.2 Å². The van der Waals surface area contributed by atoms with Crippen LogP contribution >= 0.6 is 11.8 Å². The van der Waals surface area contributed by atoms with Crippen LogP contribution in [0.4, 0.5) is 5.82 Å². The number of carbonyl (C=O) groups excluding carboxylic acids is 1. The first kappa shape index (κ1) is 12.3. The molecule has 0 spiro atoms. The van der Waals surface area contributed by atoms with Crippen molar-refractivity contribution >= 4 is 23.5 Å². The van der Waals surface area contributed by atoms with Crippen molar-refractivity contribution in [3.05, 3.63) is 28.7 Å². The molecule has 1 aliphatic rings. The molecule has 3 rings (SSSR count). The van der Waals surface area contributed by atoms with E-state index in [1.807, 2.05) is 27.1 Å². The van der Waals surface area contributed by atoms with Crippen molar-refractivity contribution in [2.75, 3.05) is 11.1 Å². The van der Waals surface area contributed by atoms with Crippen LogP contribution in [0.5, 0.6) is 0 Å². The zero-order valence-corrected chi connectivity index (χ0v) is 11.8. The van der Waals surface area contributed by atoms with Crippen molar-refractivity contribution in [3.63, 3.8) is 0 Å². The summed E-state index contributed by atoms with van der Waals surface area (Å²) in [6.07, 6.45) is 2.01. The molecule has 6 nitrogen and oxygen atoms in total. The summed E-state index contributed by atoms with van der Waals surface area (Å²) >= 11 is 1.61. The van der Waals surface area contributed by atoms with Gasteiger partial charge in [0.1, 0.15) is 0 Å². The van der Waals surface area contributed by atoms with Gasteiger partial charge >= 0.3 is 0 Å². The molecule has 0 bridgehead atoms. The first-order valence-electron chi connectivity index (χ1n) is 6.02. The SMILES string of the molecule is Cc1nn(C)cc1C1SCC(=O)Nc2n[nH]c(C)c21. The third-order valence-corrected chi connectivity index (χ3v) is 4.48. The smallest absolute Gasteiger partial charge is 0.235 e. The molecular formula is C12H15N5OS. The number of aromatic nitrogens is 4. The Bertz CT molecular complexity index is 645. The number of fused-ring (bicyclic) bond motifs is 1. The van der Waals surface area contributed by atoms with Crippen LogP contribution in [-0.4, -0.2) is 31.6 Å². The van der Waals surface area contributed by atoms with Crippen LogP contribution in [0.25, 0.3) is 0 Å². The van der Waals surface area contributed by atoms with Crippen molar-refractivity contribution in [1.82, 2.24) is 20.0 Å². The van der Waals surface area contributed by atoms with E-state index < -0.39 is 0 Å². The minimum Gasteiger partial charge on any atom is -0.308 e. The topological polar surface area (TPSA) is 75.6 Å². The molecule has 100 valence electrons. The number of thioether (sulfide) groups is 1. The number of carbonyl (C=O) groups is 1. The molecule has 1 unspecified atom stereocenters. The first-order valence-corrected chi connectivity index (χ1v) is 7.07. The second-order valence-electron chi connectivity index (χ2n) is 4.69. The highest BCUT2D eigenvalue weighted by atomic mass is 32.2. The fourth-order valence-corrected chi connectivity index (χ4v) is 3.64. The van der Waals surface area contributed by atoms with Crippen molar-refractivity contribution in [2.24, 2.45) is 7.05 Å². The van der Waals surface area contributed by atoms with Crippen molar-refractivity contribution in [3.8, 4) is 0 Å². The number of aryl methyl sites for hydroxylation is 3. The Morgan fingerprint density at radius 2 is 2.26 bits per heavy atom. The monoisotopic (exact) mass is 277 g/mol. The number of aromatic amines is 1.